The first-order valence-corrected chi connectivity index (χ1v) is 8.67. The van der Waals surface area contributed by atoms with Crippen LogP contribution < -0.4 is 0 Å². The van der Waals surface area contributed by atoms with Crippen LogP contribution in [0.3, 0.4) is 0 Å². The first kappa shape index (κ1) is 16.2. The summed E-state index contributed by atoms with van der Waals surface area (Å²) in [6, 6.07) is 18.4. The van der Waals surface area contributed by atoms with Crippen LogP contribution in [0.5, 0.6) is 0 Å². The molecule has 0 aromatic heterocycles. The molecular formula is C19H20BrNO2. The zero-order valence-electron chi connectivity index (χ0n) is 13.0. The lowest BCUT2D eigenvalue weighted by atomic mass is 10.2. The van der Waals surface area contributed by atoms with Crippen LogP contribution in [0.25, 0.3) is 0 Å². The Balaban J connectivity index is 1.54. The smallest absolute Gasteiger partial charge is 0.249 e. The molecule has 0 unspecified atom stereocenters. The second kappa shape index (κ2) is 7.75. The minimum Gasteiger partial charge on any atom is -0.367 e. The van der Waals surface area contributed by atoms with Crippen LogP contribution in [-0.2, 0) is 22.7 Å². The molecule has 0 bridgehead atoms. The SMILES string of the molecule is O=C(COCc1ccccc1)N(Cc1cccc(Br)c1)C1CC1. The van der Waals surface area contributed by atoms with Gasteiger partial charge in [-0.2, -0.15) is 0 Å². The van der Waals surface area contributed by atoms with Crippen molar-refractivity contribution in [1.29, 1.82) is 0 Å². The third kappa shape index (κ3) is 4.91. The second-order valence-electron chi connectivity index (χ2n) is 5.86. The minimum absolute atomic E-state index is 0.0726. The van der Waals surface area contributed by atoms with Gasteiger partial charge in [0, 0.05) is 17.1 Å². The van der Waals surface area contributed by atoms with Gasteiger partial charge < -0.3 is 9.64 Å². The van der Waals surface area contributed by atoms with Gasteiger partial charge in [-0.05, 0) is 36.1 Å². The molecule has 0 atom stereocenters. The first-order valence-electron chi connectivity index (χ1n) is 7.88. The number of amides is 1. The first-order chi connectivity index (χ1) is 11.2. The number of halogens is 1. The Morgan fingerprint density at radius 2 is 1.83 bits per heavy atom. The Hall–Kier alpha value is -1.65. The van der Waals surface area contributed by atoms with Gasteiger partial charge >= 0.3 is 0 Å². The third-order valence-corrected chi connectivity index (χ3v) is 4.38. The molecule has 2 aromatic carbocycles. The molecule has 0 radical (unpaired) electrons. The van der Waals surface area contributed by atoms with E-state index < -0.39 is 0 Å². The number of carbonyl (C=O) groups excluding carboxylic acids is 1. The van der Waals surface area contributed by atoms with Crippen molar-refractivity contribution >= 4 is 21.8 Å². The maximum absolute atomic E-state index is 12.5. The second-order valence-corrected chi connectivity index (χ2v) is 6.78. The molecule has 2 aromatic rings. The Labute approximate surface area is 145 Å². The van der Waals surface area contributed by atoms with Crippen LogP contribution >= 0.6 is 15.9 Å². The Morgan fingerprint density at radius 1 is 1.09 bits per heavy atom. The highest BCUT2D eigenvalue weighted by Crippen LogP contribution is 2.29. The van der Waals surface area contributed by atoms with E-state index in [9.17, 15) is 4.79 Å². The molecule has 0 spiro atoms. The highest BCUT2D eigenvalue weighted by molar-refractivity contribution is 9.10. The average Bonchev–Trinajstić information content (AvgIpc) is 3.38. The molecule has 0 saturated heterocycles. The van der Waals surface area contributed by atoms with Crippen LogP contribution in [0.4, 0.5) is 0 Å². The minimum atomic E-state index is 0.0726. The van der Waals surface area contributed by atoms with Gasteiger partial charge in [0.1, 0.15) is 6.61 Å². The van der Waals surface area contributed by atoms with Crippen molar-refractivity contribution in [2.24, 2.45) is 0 Å². The van der Waals surface area contributed by atoms with Gasteiger partial charge in [0.2, 0.25) is 5.91 Å². The van der Waals surface area contributed by atoms with E-state index in [1.54, 1.807) is 0 Å². The van der Waals surface area contributed by atoms with Crippen LogP contribution in [0.15, 0.2) is 59.1 Å². The van der Waals surface area contributed by atoms with E-state index >= 15 is 0 Å². The summed E-state index contributed by atoms with van der Waals surface area (Å²) in [5.74, 6) is 0.0726. The molecule has 3 rings (SSSR count). The molecule has 1 aliphatic carbocycles. The average molecular weight is 374 g/mol. The standard InChI is InChI=1S/C19H20BrNO2/c20-17-8-4-7-16(11-17)12-21(18-9-10-18)19(22)14-23-13-15-5-2-1-3-6-15/h1-8,11,18H,9-10,12-14H2. The molecule has 1 aliphatic rings. The maximum Gasteiger partial charge on any atom is 0.249 e. The van der Waals surface area contributed by atoms with Crippen LogP contribution in [0.2, 0.25) is 0 Å². The van der Waals surface area contributed by atoms with Gasteiger partial charge in [0.25, 0.3) is 0 Å². The monoisotopic (exact) mass is 373 g/mol. The van der Waals surface area contributed by atoms with Crippen LogP contribution in [0, 0.1) is 0 Å². The zero-order chi connectivity index (χ0) is 16.1. The molecule has 3 nitrogen and oxygen atoms in total. The molecule has 4 heteroatoms. The van der Waals surface area contributed by atoms with E-state index in [0.29, 0.717) is 19.2 Å². The van der Waals surface area contributed by atoms with Crippen molar-refractivity contribution in [2.75, 3.05) is 6.61 Å². The van der Waals surface area contributed by atoms with Crippen molar-refractivity contribution in [1.82, 2.24) is 4.90 Å². The molecule has 0 aliphatic heterocycles. The van der Waals surface area contributed by atoms with Gasteiger partial charge in [-0.15, -0.1) is 0 Å². The molecular weight excluding hydrogens is 354 g/mol. The summed E-state index contributed by atoms with van der Waals surface area (Å²) in [4.78, 5) is 14.4. The normalized spacial score (nSPS) is 13.8. The molecule has 0 N–H and O–H groups in total. The Bertz CT molecular complexity index is 655. The van der Waals surface area contributed by atoms with E-state index in [4.69, 9.17) is 4.74 Å². The Kier molecular flexibility index (Phi) is 5.47. The quantitative estimate of drug-likeness (QED) is 0.729. The van der Waals surface area contributed by atoms with E-state index in [-0.39, 0.29) is 12.5 Å². The van der Waals surface area contributed by atoms with Gasteiger partial charge in [-0.25, -0.2) is 0 Å². The van der Waals surface area contributed by atoms with Crippen LogP contribution in [-0.4, -0.2) is 23.5 Å². The van der Waals surface area contributed by atoms with Gasteiger partial charge in [-0.3, -0.25) is 4.79 Å². The number of nitrogens with zero attached hydrogens (tertiary/aromatic N) is 1. The van der Waals surface area contributed by atoms with Crippen molar-refractivity contribution in [3.8, 4) is 0 Å². The summed E-state index contributed by atoms with van der Waals surface area (Å²) in [6.07, 6.45) is 2.19. The zero-order valence-corrected chi connectivity index (χ0v) is 14.5. The van der Waals surface area contributed by atoms with Crippen molar-refractivity contribution in [3.63, 3.8) is 0 Å². The molecule has 120 valence electrons. The van der Waals surface area contributed by atoms with Gasteiger partial charge in [0.05, 0.1) is 6.61 Å². The topological polar surface area (TPSA) is 29.5 Å². The van der Waals surface area contributed by atoms with Crippen molar-refractivity contribution in [3.05, 3.63) is 70.2 Å². The number of rotatable bonds is 7. The fraction of sp³-hybridized carbons (Fsp3) is 0.316. The summed E-state index contributed by atoms with van der Waals surface area (Å²) < 4.78 is 6.64. The predicted octanol–water partition coefficient (Wildman–Crippen LogP) is 4.16. The summed E-state index contributed by atoms with van der Waals surface area (Å²) in [6.45, 7) is 1.26. The highest BCUT2D eigenvalue weighted by Gasteiger charge is 2.32. The number of carbonyl (C=O) groups is 1. The van der Waals surface area contributed by atoms with Crippen LogP contribution in [0.1, 0.15) is 24.0 Å². The van der Waals surface area contributed by atoms with E-state index in [0.717, 1.165) is 28.4 Å². The number of hydrogen-bond acceptors (Lipinski definition) is 2. The van der Waals surface area contributed by atoms with E-state index in [1.807, 2.05) is 47.4 Å². The van der Waals surface area contributed by atoms with E-state index in [2.05, 4.69) is 28.1 Å². The van der Waals surface area contributed by atoms with Gasteiger partial charge in [-0.1, -0.05) is 58.4 Å². The molecule has 0 heterocycles. The number of ether oxygens (including phenoxy) is 1. The third-order valence-electron chi connectivity index (χ3n) is 3.89. The predicted molar refractivity (Wildman–Crippen MR) is 93.8 cm³/mol. The molecule has 23 heavy (non-hydrogen) atoms. The summed E-state index contributed by atoms with van der Waals surface area (Å²) in [5, 5.41) is 0. The maximum atomic E-state index is 12.5. The van der Waals surface area contributed by atoms with E-state index in [1.165, 1.54) is 0 Å². The van der Waals surface area contributed by atoms with Crippen molar-refractivity contribution in [2.45, 2.75) is 32.0 Å². The molecule has 1 fully saturated rings. The van der Waals surface area contributed by atoms with Gasteiger partial charge in [0.15, 0.2) is 0 Å². The summed E-state index contributed by atoms with van der Waals surface area (Å²) >= 11 is 3.48. The fourth-order valence-electron chi connectivity index (χ4n) is 2.55. The summed E-state index contributed by atoms with van der Waals surface area (Å²) in [7, 11) is 0. The largest absolute Gasteiger partial charge is 0.367 e. The molecule has 1 saturated carbocycles. The van der Waals surface area contributed by atoms with Crippen molar-refractivity contribution < 1.29 is 9.53 Å². The fourth-order valence-corrected chi connectivity index (χ4v) is 3.00. The Morgan fingerprint density at radius 3 is 2.52 bits per heavy atom. The molecule has 1 amide bonds. The number of hydrogen-bond donors (Lipinski definition) is 0. The number of benzene rings is 2. The highest BCUT2D eigenvalue weighted by atomic mass is 79.9. The summed E-state index contributed by atoms with van der Waals surface area (Å²) in [5.41, 5.74) is 2.23. The lowest BCUT2D eigenvalue weighted by Crippen LogP contribution is -2.35. The lowest BCUT2D eigenvalue weighted by Gasteiger charge is -2.22. The lowest BCUT2D eigenvalue weighted by molar-refractivity contribution is -0.137.